The van der Waals surface area contributed by atoms with Crippen LogP contribution in [0.2, 0.25) is 0 Å². The number of nitrogens with zero attached hydrogens (tertiary/aromatic N) is 1. The summed E-state index contributed by atoms with van der Waals surface area (Å²) in [7, 11) is 0. The van der Waals surface area contributed by atoms with Crippen molar-refractivity contribution in [3.8, 4) is 17.1 Å². The third kappa shape index (κ3) is 5.02. The number of aliphatic hydroxyl groups excluding tert-OH is 1. The van der Waals surface area contributed by atoms with E-state index in [-0.39, 0.29) is 34.7 Å². The molecule has 4 aromatic rings. The second-order valence-corrected chi connectivity index (χ2v) is 15.0. The molecular formula is C40H40FNO8. The third-order valence-electron chi connectivity index (χ3n) is 12.1. The van der Waals surface area contributed by atoms with Gasteiger partial charge in [-0.15, -0.1) is 0 Å². The van der Waals surface area contributed by atoms with E-state index in [1.807, 2.05) is 38.1 Å². The van der Waals surface area contributed by atoms with Crippen LogP contribution in [0.15, 0.2) is 88.3 Å². The second kappa shape index (κ2) is 11.9. The molecule has 9 atom stereocenters. The van der Waals surface area contributed by atoms with Gasteiger partial charge in [0.2, 0.25) is 0 Å². The Morgan fingerprint density at radius 3 is 2.56 bits per heavy atom. The molecule has 1 N–H and O–H groups in total. The smallest absolute Gasteiger partial charge is 0.345 e. The maximum atomic E-state index is 13.8. The molecule has 10 heteroatoms. The topological polar surface area (TPSA) is 117 Å². The van der Waals surface area contributed by atoms with Gasteiger partial charge in [-0.05, 0) is 86.4 Å². The maximum Gasteiger partial charge on any atom is 0.345 e. The van der Waals surface area contributed by atoms with Gasteiger partial charge in [0, 0.05) is 40.9 Å². The number of carbonyl (C=O) groups is 1. The average molecular weight is 682 g/mol. The molecule has 2 saturated carbocycles. The lowest BCUT2D eigenvalue weighted by atomic mass is 9.42. The Bertz CT molecular complexity index is 2000. The van der Waals surface area contributed by atoms with Crippen molar-refractivity contribution in [3.63, 3.8) is 0 Å². The van der Waals surface area contributed by atoms with E-state index in [0.29, 0.717) is 31.4 Å². The number of carbonyl (C=O) groups excluding carboxylic acids is 1. The van der Waals surface area contributed by atoms with E-state index in [0.717, 1.165) is 11.1 Å². The molecule has 2 aromatic carbocycles. The molecule has 2 aliphatic carbocycles. The first-order valence-electron chi connectivity index (χ1n) is 17.2. The first-order valence-corrected chi connectivity index (χ1v) is 17.2. The normalized spacial score (nSPS) is 34.3. The highest BCUT2D eigenvalue weighted by Gasteiger charge is 2.71. The molecular weight excluding hydrogens is 641 g/mol. The van der Waals surface area contributed by atoms with Gasteiger partial charge < -0.3 is 28.5 Å². The molecule has 1 saturated heterocycles. The van der Waals surface area contributed by atoms with Gasteiger partial charge in [0.1, 0.15) is 34.6 Å². The van der Waals surface area contributed by atoms with E-state index in [9.17, 15) is 19.1 Å². The van der Waals surface area contributed by atoms with Gasteiger partial charge in [0.25, 0.3) is 0 Å². The fraction of sp³-hybridized carbons (Fsp3) is 0.425. The molecule has 0 spiro atoms. The highest BCUT2D eigenvalue weighted by Crippen LogP contribution is 2.68. The molecule has 4 heterocycles. The molecule has 2 unspecified atom stereocenters. The lowest BCUT2D eigenvalue weighted by Gasteiger charge is -2.67. The molecule has 9 nitrogen and oxygen atoms in total. The van der Waals surface area contributed by atoms with Crippen LogP contribution in [0.25, 0.3) is 11.3 Å². The predicted octanol–water partition coefficient (Wildman–Crippen LogP) is 7.12. The summed E-state index contributed by atoms with van der Waals surface area (Å²) in [5.74, 6) is -1.57. The van der Waals surface area contributed by atoms with Crippen LogP contribution >= 0.6 is 0 Å². The fourth-order valence-electron chi connectivity index (χ4n) is 9.65. The Balaban J connectivity index is 1.21. The number of pyridine rings is 1. The maximum absolute atomic E-state index is 13.8. The van der Waals surface area contributed by atoms with Gasteiger partial charge in [-0.1, -0.05) is 38.1 Å². The SMILES string of the molecule is Cc1ccccc1[C@@H]1OC[C@@]2(C)C3C[C@H](OC(=O)c4ccc(F)cc4)[C@@]4(C)Oc5cc(-c6cccnc6)oc(=O)c5[C@H](O)C4[C@@]3(C)CC[C@@H]2O1. The van der Waals surface area contributed by atoms with Gasteiger partial charge >= 0.3 is 11.6 Å². The number of esters is 1. The van der Waals surface area contributed by atoms with E-state index in [4.69, 9.17) is 23.4 Å². The molecule has 0 radical (unpaired) electrons. The second-order valence-electron chi connectivity index (χ2n) is 15.0. The van der Waals surface area contributed by atoms with Crippen LogP contribution in [0.1, 0.15) is 79.5 Å². The van der Waals surface area contributed by atoms with Crippen molar-refractivity contribution in [3.05, 3.63) is 118 Å². The monoisotopic (exact) mass is 681 g/mol. The Hall–Kier alpha value is -4.38. The van der Waals surface area contributed by atoms with Crippen LogP contribution in [-0.4, -0.2) is 40.5 Å². The number of ether oxygens (including phenoxy) is 4. The molecule has 2 aliphatic heterocycles. The third-order valence-corrected chi connectivity index (χ3v) is 12.1. The van der Waals surface area contributed by atoms with Crippen LogP contribution in [-0.2, 0) is 14.2 Å². The summed E-state index contributed by atoms with van der Waals surface area (Å²) < 4.78 is 45.9. The summed E-state index contributed by atoms with van der Waals surface area (Å²) in [6.07, 6.45) is 2.05. The van der Waals surface area contributed by atoms with Gasteiger partial charge in [-0.2, -0.15) is 0 Å². The summed E-state index contributed by atoms with van der Waals surface area (Å²) in [5.41, 5.74) is -0.258. The number of hydrogen-bond donors (Lipinski definition) is 1. The molecule has 2 aromatic heterocycles. The summed E-state index contributed by atoms with van der Waals surface area (Å²) in [6, 6.07) is 18.3. The standard InChI is InChI=1S/C40H40FNO8/c1-22-8-5-6-10-26(22)37-46-21-39(3)29-19-31(48-35(44)23-11-13-25(41)14-12-23)40(4)34(38(29,2)16-15-30(39)49-37)33(43)32-28(50-40)18-27(47-36(32)45)24-9-7-17-42-20-24/h5-14,17-18,20,29-31,33-34,37,43H,15-16,19,21H2,1-4H3/t29?,30-,31-,33-,34?,37+,38-,39-,40+/m0/s1. The van der Waals surface area contributed by atoms with Crippen LogP contribution in [0.4, 0.5) is 4.39 Å². The van der Waals surface area contributed by atoms with Gasteiger partial charge in [-0.3, -0.25) is 4.98 Å². The van der Waals surface area contributed by atoms with Crippen molar-refractivity contribution in [2.75, 3.05) is 6.61 Å². The van der Waals surface area contributed by atoms with E-state index in [1.54, 1.807) is 30.6 Å². The van der Waals surface area contributed by atoms with Gasteiger partial charge in [0.05, 0.1) is 24.4 Å². The highest BCUT2D eigenvalue weighted by atomic mass is 19.1. The average Bonchev–Trinajstić information content (AvgIpc) is 3.09. The van der Waals surface area contributed by atoms with Gasteiger partial charge in [0.15, 0.2) is 6.29 Å². The number of halogens is 1. The molecule has 50 heavy (non-hydrogen) atoms. The molecule has 0 bridgehead atoms. The summed E-state index contributed by atoms with van der Waals surface area (Å²) in [5, 5.41) is 12.4. The van der Waals surface area contributed by atoms with Crippen molar-refractivity contribution in [2.24, 2.45) is 22.7 Å². The van der Waals surface area contributed by atoms with Crippen LogP contribution < -0.4 is 10.4 Å². The minimum absolute atomic E-state index is 0.0358. The van der Waals surface area contributed by atoms with Crippen molar-refractivity contribution in [1.29, 1.82) is 0 Å². The summed E-state index contributed by atoms with van der Waals surface area (Å²) in [6.45, 7) is 8.55. The fourth-order valence-corrected chi connectivity index (χ4v) is 9.65. The van der Waals surface area contributed by atoms with Crippen LogP contribution in [0, 0.1) is 35.4 Å². The molecule has 4 aliphatic rings. The number of aliphatic hydroxyl groups is 1. The van der Waals surface area contributed by atoms with E-state index >= 15 is 0 Å². The minimum Gasteiger partial charge on any atom is -0.482 e. The zero-order valence-corrected chi connectivity index (χ0v) is 28.4. The van der Waals surface area contributed by atoms with Gasteiger partial charge in [-0.25, -0.2) is 14.0 Å². The van der Waals surface area contributed by atoms with Crippen molar-refractivity contribution in [1.82, 2.24) is 4.98 Å². The first kappa shape index (κ1) is 32.8. The highest BCUT2D eigenvalue weighted by molar-refractivity contribution is 5.89. The Labute approximate surface area is 289 Å². The molecule has 3 fully saturated rings. The molecule has 260 valence electrons. The number of hydrogen-bond acceptors (Lipinski definition) is 9. The molecule has 8 rings (SSSR count). The zero-order valence-electron chi connectivity index (χ0n) is 28.4. The predicted molar refractivity (Wildman–Crippen MR) is 180 cm³/mol. The van der Waals surface area contributed by atoms with Crippen molar-refractivity contribution >= 4 is 5.97 Å². The number of rotatable bonds is 4. The van der Waals surface area contributed by atoms with E-state index in [1.165, 1.54) is 24.3 Å². The summed E-state index contributed by atoms with van der Waals surface area (Å²) in [4.78, 5) is 31.5. The van der Waals surface area contributed by atoms with Crippen LogP contribution in [0.3, 0.4) is 0 Å². The number of aryl methyl sites for hydroxylation is 1. The first-order chi connectivity index (χ1) is 23.9. The lowest BCUT2D eigenvalue weighted by Crippen LogP contribution is -2.72. The Morgan fingerprint density at radius 2 is 1.82 bits per heavy atom. The number of fused-ring (bicyclic) bond motifs is 6. The Kier molecular flexibility index (Phi) is 7.78. The van der Waals surface area contributed by atoms with E-state index in [2.05, 4.69) is 18.8 Å². The van der Waals surface area contributed by atoms with Crippen molar-refractivity contribution < 1.29 is 37.7 Å². The largest absolute Gasteiger partial charge is 0.482 e. The molecule has 0 amide bonds. The lowest BCUT2D eigenvalue weighted by molar-refractivity contribution is -0.330. The van der Waals surface area contributed by atoms with Crippen LogP contribution in [0.5, 0.6) is 5.75 Å². The van der Waals surface area contributed by atoms with E-state index < -0.39 is 58.3 Å². The number of aromatic nitrogens is 1. The zero-order chi connectivity index (χ0) is 35.0. The Morgan fingerprint density at radius 1 is 1.04 bits per heavy atom. The summed E-state index contributed by atoms with van der Waals surface area (Å²) >= 11 is 0. The quantitative estimate of drug-likeness (QED) is 0.225. The minimum atomic E-state index is -1.30. The van der Waals surface area contributed by atoms with Crippen molar-refractivity contribution in [2.45, 2.75) is 77.2 Å². The number of benzene rings is 2.